The molecule has 0 saturated carbocycles. The molecule has 0 spiro atoms. The third-order valence-electron chi connectivity index (χ3n) is 3.25. The van der Waals surface area contributed by atoms with E-state index in [0.29, 0.717) is 17.9 Å². The van der Waals surface area contributed by atoms with Gasteiger partial charge < -0.3 is 10.1 Å². The van der Waals surface area contributed by atoms with Crippen molar-refractivity contribution in [2.75, 3.05) is 13.4 Å². The van der Waals surface area contributed by atoms with Crippen LogP contribution in [0.15, 0.2) is 51.8 Å². The van der Waals surface area contributed by atoms with Crippen molar-refractivity contribution in [3.63, 3.8) is 0 Å². The molecule has 7 heteroatoms. The van der Waals surface area contributed by atoms with Gasteiger partial charge in [0.15, 0.2) is 5.11 Å². The molecule has 126 valence electrons. The van der Waals surface area contributed by atoms with Crippen LogP contribution in [-0.4, -0.2) is 24.4 Å². The number of hydrogen-bond acceptors (Lipinski definition) is 4. The number of amides is 1. The Labute approximate surface area is 159 Å². The van der Waals surface area contributed by atoms with Gasteiger partial charge in [-0.05, 0) is 54.4 Å². The molecule has 0 saturated heterocycles. The van der Waals surface area contributed by atoms with Gasteiger partial charge in [-0.1, -0.05) is 28.1 Å². The molecule has 0 radical (unpaired) electrons. The summed E-state index contributed by atoms with van der Waals surface area (Å²) < 4.78 is 6.00. The highest BCUT2D eigenvalue weighted by Gasteiger charge is 2.14. The van der Waals surface area contributed by atoms with Crippen LogP contribution in [0.4, 0.5) is 0 Å². The van der Waals surface area contributed by atoms with Crippen LogP contribution in [0.5, 0.6) is 5.75 Å². The van der Waals surface area contributed by atoms with Gasteiger partial charge in [-0.15, -0.1) is 11.8 Å². The summed E-state index contributed by atoms with van der Waals surface area (Å²) in [5, 5.41) is 5.97. The summed E-state index contributed by atoms with van der Waals surface area (Å²) in [5.74, 6) is 0.175. The van der Waals surface area contributed by atoms with Crippen LogP contribution in [0.25, 0.3) is 0 Å². The van der Waals surface area contributed by atoms with Gasteiger partial charge in [-0.3, -0.25) is 10.1 Å². The Hall–Kier alpha value is -1.57. The van der Waals surface area contributed by atoms with Crippen LogP contribution < -0.4 is 15.4 Å². The number of rotatable bonds is 5. The van der Waals surface area contributed by atoms with Crippen molar-refractivity contribution in [2.45, 2.75) is 11.4 Å². The van der Waals surface area contributed by atoms with Gasteiger partial charge >= 0.3 is 0 Å². The number of carbonyl (C=O) groups is 1. The van der Waals surface area contributed by atoms with Gasteiger partial charge in [0.25, 0.3) is 5.91 Å². The van der Waals surface area contributed by atoms with Crippen molar-refractivity contribution < 1.29 is 9.53 Å². The number of thiocarbonyl (C=S) groups is 1. The molecule has 1 amide bonds. The van der Waals surface area contributed by atoms with Crippen LogP contribution in [0, 0.1) is 0 Å². The van der Waals surface area contributed by atoms with Gasteiger partial charge in [-0.2, -0.15) is 0 Å². The van der Waals surface area contributed by atoms with Crippen molar-refractivity contribution in [3.8, 4) is 5.75 Å². The summed E-state index contributed by atoms with van der Waals surface area (Å²) in [6, 6.07) is 13.4. The third-order valence-corrected chi connectivity index (χ3v) is 4.73. The number of carbonyl (C=O) groups excluding carboxylic acids is 1. The largest absolute Gasteiger partial charge is 0.496 e. The van der Waals surface area contributed by atoms with E-state index in [9.17, 15) is 4.79 Å². The van der Waals surface area contributed by atoms with E-state index < -0.39 is 0 Å². The molecular formula is C17H17BrN2O2S2. The summed E-state index contributed by atoms with van der Waals surface area (Å²) in [7, 11) is 1.52. The van der Waals surface area contributed by atoms with Crippen molar-refractivity contribution in [1.29, 1.82) is 0 Å². The minimum atomic E-state index is -0.316. The monoisotopic (exact) mass is 424 g/mol. The molecule has 24 heavy (non-hydrogen) atoms. The summed E-state index contributed by atoms with van der Waals surface area (Å²) >= 11 is 10.2. The lowest BCUT2D eigenvalue weighted by Gasteiger charge is -2.12. The highest BCUT2D eigenvalue weighted by atomic mass is 79.9. The fourth-order valence-corrected chi connectivity index (χ4v) is 2.93. The maximum absolute atomic E-state index is 12.3. The molecule has 0 heterocycles. The molecule has 2 rings (SSSR count). The fourth-order valence-electron chi connectivity index (χ4n) is 2.00. The van der Waals surface area contributed by atoms with Gasteiger partial charge in [-0.25, -0.2) is 0 Å². The fraction of sp³-hybridized carbons (Fsp3) is 0.176. The van der Waals surface area contributed by atoms with E-state index >= 15 is 0 Å². The quantitative estimate of drug-likeness (QED) is 0.561. The highest BCUT2D eigenvalue weighted by molar-refractivity contribution is 9.10. The number of thioether (sulfide) groups is 1. The predicted octanol–water partition coefficient (Wildman–Crippen LogP) is 3.98. The Morgan fingerprint density at radius 1 is 1.25 bits per heavy atom. The molecule has 2 aromatic rings. The zero-order chi connectivity index (χ0) is 17.5. The summed E-state index contributed by atoms with van der Waals surface area (Å²) in [6.07, 6.45) is 2.04. The first-order valence-corrected chi connectivity index (χ1v) is 9.51. The molecule has 0 unspecified atom stereocenters. The highest BCUT2D eigenvalue weighted by Crippen LogP contribution is 2.22. The number of benzene rings is 2. The van der Waals surface area contributed by atoms with E-state index in [1.54, 1.807) is 23.9 Å². The van der Waals surface area contributed by atoms with Crippen LogP contribution in [0.2, 0.25) is 0 Å². The molecule has 2 aromatic carbocycles. The van der Waals surface area contributed by atoms with E-state index in [1.807, 2.05) is 24.5 Å². The lowest BCUT2D eigenvalue weighted by Crippen LogP contribution is -2.39. The maximum Gasteiger partial charge on any atom is 0.261 e. The number of methoxy groups -OCH3 is 1. The average molecular weight is 425 g/mol. The number of hydrogen-bond donors (Lipinski definition) is 2. The van der Waals surface area contributed by atoms with Crippen molar-refractivity contribution in [3.05, 3.63) is 58.1 Å². The van der Waals surface area contributed by atoms with Crippen molar-refractivity contribution >= 4 is 50.9 Å². The average Bonchev–Trinajstić information content (AvgIpc) is 2.60. The molecular weight excluding hydrogens is 408 g/mol. The first kappa shape index (κ1) is 18.8. The Morgan fingerprint density at radius 2 is 1.96 bits per heavy atom. The first-order valence-electron chi connectivity index (χ1n) is 7.09. The maximum atomic E-state index is 12.3. The molecule has 0 fully saturated rings. The SMILES string of the molecule is COc1ccc(Br)cc1C(=O)NC(=S)NCc1ccc(SC)cc1. The minimum Gasteiger partial charge on any atom is -0.496 e. The number of nitrogens with one attached hydrogen (secondary N) is 2. The minimum absolute atomic E-state index is 0.274. The summed E-state index contributed by atoms with van der Waals surface area (Å²) in [5.41, 5.74) is 1.50. The van der Waals surface area contributed by atoms with E-state index in [2.05, 4.69) is 38.7 Å². The molecule has 0 aliphatic heterocycles. The normalized spacial score (nSPS) is 10.1. The molecule has 0 bridgehead atoms. The molecule has 0 aromatic heterocycles. The van der Waals surface area contributed by atoms with Crippen LogP contribution in [0.3, 0.4) is 0 Å². The molecule has 4 nitrogen and oxygen atoms in total. The summed E-state index contributed by atoms with van der Waals surface area (Å²) in [6.45, 7) is 0.545. The van der Waals surface area contributed by atoms with Crippen LogP contribution in [0.1, 0.15) is 15.9 Å². The second-order valence-corrected chi connectivity index (χ2v) is 7.03. The molecule has 0 atom stereocenters. The lowest BCUT2D eigenvalue weighted by atomic mass is 10.2. The van der Waals surface area contributed by atoms with E-state index in [-0.39, 0.29) is 11.0 Å². The van der Waals surface area contributed by atoms with E-state index in [4.69, 9.17) is 17.0 Å². The molecule has 0 aliphatic rings. The first-order chi connectivity index (χ1) is 11.5. The van der Waals surface area contributed by atoms with Gasteiger partial charge in [0.2, 0.25) is 0 Å². The topological polar surface area (TPSA) is 50.4 Å². The third kappa shape index (κ3) is 5.22. The zero-order valence-electron chi connectivity index (χ0n) is 13.3. The standard InChI is InChI=1S/C17H17BrN2O2S2/c1-22-15-8-5-12(18)9-14(15)16(21)20-17(23)19-10-11-3-6-13(24-2)7-4-11/h3-9H,10H2,1-2H3,(H2,19,20,21,23). The second kappa shape index (κ2) is 9.05. The van der Waals surface area contributed by atoms with E-state index in [1.165, 1.54) is 12.0 Å². The second-order valence-electron chi connectivity index (χ2n) is 4.83. The Morgan fingerprint density at radius 3 is 2.58 bits per heavy atom. The summed E-state index contributed by atoms with van der Waals surface area (Å²) in [4.78, 5) is 13.5. The van der Waals surface area contributed by atoms with Crippen molar-refractivity contribution in [2.24, 2.45) is 0 Å². The number of ether oxygens (including phenoxy) is 1. The smallest absolute Gasteiger partial charge is 0.261 e. The van der Waals surface area contributed by atoms with Crippen molar-refractivity contribution in [1.82, 2.24) is 10.6 Å². The number of halogens is 1. The lowest BCUT2D eigenvalue weighted by molar-refractivity contribution is 0.0973. The van der Waals surface area contributed by atoms with Gasteiger partial charge in [0, 0.05) is 15.9 Å². The Bertz CT molecular complexity index is 736. The zero-order valence-corrected chi connectivity index (χ0v) is 16.5. The predicted molar refractivity (Wildman–Crippen MR) is 106 cm³/mol. The molecule has 0 aliphatic carbocycles. The van der Waals surface area contributed by atoms with Crippen LogP contribution >= 0.6 is 39.9 Å². The molecule has 2 N–H and O–H groups in total. The van der Waals surface area contributed by atoms with E-state index in [0.717, 1.165) is 10.0 Å². The van der Waals surface area contributed by atoms with Gasteiger partial charge in [0.05, 0.1) is 12.7 Å². The Balaban J connectivity index is 1.94. The Kier molecular flexibility index (Phi) is 7.08. The van der Waals surface area contributed by atoms with Gasteiger partial charge in [0.1, 0.15) is 5.75 Å². The van der Waals surface area contributed by atoms with Crippen LogP contribution in [-0.2, 0) is 6.54 Å².